The summed E-state index contributed by atoms with van der Waals surface area (Å²) in [6, 6.07) is 10.2. The predicted molar refractivity (Wildman–Crippen MR) is 103 cm³/mol. The van der Waals surface area contributed by atoms with Gasteiger partial charge in [-0.25, -0.2) is 19.3 Å². The third-order valence-corrected chi connectivity index (χ3v) is 4.48. The number of nitrogens with zero attached hydrogens (tertiary/aromatic N) is 5. The highest BCUT2D eigenvalue weighted by atomic mass is 19.1. The van der Waals surface area contributed by atoms with Gasteiger partial charge in [-0.1, -0.05) is 0 Å². The Hall–Kier alpha value is -2.64. The van der Waals surface area contributed by atoms with Crippen molar-refractivity contribution in [2.75, 3.05) is 45.3 Å². The number of hydrogen-bond acceptors (Lipinski definition) is 6. The SMILES string of the molecule is CN(C)Cc1nc(N2CCOCC2)c2nc(-c3ccc(F)cc3)ccc2n1. The van der Waals surface area contributed by atoms with Crippen LogP contribution in [-0.4, -0.2) is 60.3 Å². The van der Waals surface area contributed by atoms with E-state index in [1.165, 1.54) is 12.1 Å². The summed E-state index contributed by atoms with van der Waals surface area (Å²) >= 11 is 0. The van der Waals surface area contributed by atoms with Gasteiger partial charge in [-0.15, -0.1) is 0 Å². The first kappa shape index (κ1) is 17.8. The van der Waals surface area contributed by atoms with Crippen LogP contribution in [0.1, 0.15) is 5.82 Å². The predicted octanol–water partition coefficient (Wildman–Crippen LogP) is 2.73. The number of benzene rings is 1. The highest BCUT2D eigenvalue weighted by Crippen LogP contribution is 2.27. The van der Waals surface area contributed by atoms with Crippen molar-refractivity contribution in [1.82, 2.24) is 19.9 Å². The summed E-state index contributed by atoms with van der Waals surface area (Å²) < 4.78 is 18.7. The third kappa shape index (κ3) is 3.89. The largest absolute Gasteiger partial charge is 0.378 e. The lowest BCUT2D eigenvalue weighted by atomic mass is 10.1. The monoisotopic (exact) mass is 367 g/mol. The fourth-order valence-corrected chi connectivity index (χ4v) is 3.18. The van der Waals surface area contributed by atoms with Gasteiger partial charge in [0.05, 0.1) is 31.0 Å². The molecule has 6 nitrogen and oxygen atoms in total. The Bertz CT molecular complexity index is 939. The van der Waals surface area contributed by atoms with Crippen molar-refractivity contribution in [3.8, 4) is 11.3 Å². The maximum absolute atomic E-state index is 13.2. The third-order valence-electron chi connectivity index (χ3n) is 4.48. The fraction of sp³-hybridized carbons (Fsp3) is 0.350. The van der Waals surface area contributed by atoms with Crippen molar-refractivity contribution in [3.05, 3.63) is 48.0 Å². The number of rotatable bonds is 4. The van der Waals surface area contributed by atoms with Gasteiger partial charge < -0.3 is 14.5 Å². The van der Waals surface area contributed by atoms with E-state index in [0.29, 0.717) is 19.8 Å². The number of hydrogen-bond donors (Lipinski definition) is 0. The molecular weight excluding hydrogens is 345 g/mol. The molecule has 0 unspecified atom stereocenters. The molecular formula is C20H22FN5O. The Balaban J connectivity index is 1.83. The molecule has 140 valence electrons. The van der Waals surface area contributed by atoms with Crippen LogP contribution in [0, 0.1) is 5.82 Å². The van der Waals surface area contributed by atoms with Crippen molar-refractivity contribution in [2.24, 2.45) is 0 Å². The minimum absolute atomic E-state index is 0.259. The summed E-state index contributed by atoms with van der Waals surface area (Å²) in [7, 11) is 4.00. The number of aromatic nitrogens is 3. The minimum Gasteiger partial charge on any atom is -0.378 e. The van der Waals surface area contributed by atoms with Gasteiger partial charge in [-0.3, -0.25) is 0 Å². The van der Waals surface area contributed by atoms with E-state index in [1.54, 1.807) is 12.1 Å². The highest BCUT2D eigenvalue weighted by molar-refractivity contribution is 5.87. The average Bonchev–Trinajstić information content (AvgIpc) is 2.68. The zero-order valence-corrected chi connectivity index (χ0v) is 15.5. The Kier molecular flexibility index (Phi) is 4.96. The van der Waals surface area contributed by atoms with Gasteiger partial charge in [0.25, 0.3) is 0 Å². The molecule has 0 N–H and O–H groups in total. The normalized spacial score (nSPS) is 14.9. The van der Waals surface area contributed by atoms with Crippen LogP contribution in [0.4, 0.5) is 10.2 Å². The molecule has 0 amide bonds. The second kappa shape index (κ2) is 7.54. The second-order valence-corrected chi connectivity index (χ2v) is 6.87. The van der Waals surface area contributed by atoms with Crippen molar-refractivity contribution < 1.29 is 9.13 Å². The Morgan fingerprint density at radius 3 is 2.44 bits per heavy atom. The molecule has 1 fully saturated rings. The number of pyridine rings is 1. The van der Waals surface area contributed by atoms with Crippen LogP contribution in [0.15, 0.2) is 36.4 Å². The zero-order valence-electron chi connectivity index (χ0n) is 15.5. The van der Waals surface area contributed by atoms with Crippen molar-refractivity contribution in [3.63, 3.8) is 0 Å². The Morgan fingerprint density at radius 2 is 1.74 bits per heavy atom. The van der Waals surface area contributed by atoms with Crippen LogP contribution in [0.5, 0.6) is 0 Å². The Morgan fingerprint density at radius 1 is 1.00 bits per heavy atom. The van der Waals surface area contributed by atoms with Crippen LogP contribution in [-0.2, 0) is 11.3 Å². The summed E-state index contributed by atoms with van der Waals surface area (Å²) in [6.45, 7) is 3.55. The first-order chi connectivity index (χ1) is 13.1. The van der Waals surface area contributed by atoms with Gasteiger partial charge in [0.15, 0.2) is 5.82 Å². The van der Waals surface area contributed by atoms with Gasteiger partial charge in [0.1, 0.15) is 17.2 Å². The summed E-state index contributed by atoms with van der Waals surface area (Å²) in [5.41, 5.74) is 3.22. The van der Waals surface area contributed by atoms with E-state index in [4.69, 9.17) is 14.7 Å². The maximum atomic E-state index is 13.2. The van der Waals surface area contributed by atoms with E-state index in [0.717, 1.165) is 47.0 Å². The first-order valence-corrected chi connectivity index (χ1v) is 9.01. The first-order valence-electron chi connectivity index (χ1n) is 9.01. The number of morpholine rings is 1. The summed E-state index contributed by atoms with van der Waals surface area (Å²) in [5, 5.41) is 0. The smallest absolute Gasteiger partial charge is 0.159 e. The van der Waals surface area contributed by atoms with E-state index in [-0.39, 0.29) is 5.82 Å². The molecule has 0 aliphatic carbocycles. The molecule has 27 heavy (non-hydrogen) atoms. The quantitative estimate of drug-likeness (QED) is 0.707. The lowest BCUT2D eigenvalue weighted by molar-refractivity contribution is 0.122. The lowest BCUT2D eigenvalue weighted by Crippen LogP contribution is -2.37. The van der Waals surface area contributed by atoms with Crippen LogP contribution in [0.2, 0.25) is 0 Å². The molecule has 7 heteroatoms. The van der Waals surface area contributed by atoms with E-state index < -0.39 is 0 Å². The van der Waals surface area contributed by atoms with Crippen molar-refractivity contribution in [2.45, 2.75) is 6.54 Å². The molecule has 1 aliphatic heterocycles. The topological polar surface area (TPSA) is 54.4 Å². The molecule has 0 saturated carbocycles. The van der Waals surface area contributed by atoms with E-state index in [2.05, 4.69) is 9.88 Å². The molecule has 0 bridgehead atoms. The van der Waals surface area contributed by atoms with Gasteiger partial charge >= 0.3 is 0 Å². The van der Waals surface area contributed by atoms with Crippen molar-refractivity contribution in [1.29, 1.82) is 0 Å². The van der Waals surface area contributed by atoms with Crippen molar-refractivity contribution >= 4 is 16.9 Å². The van der Waals surface area contributed by atoms with Gasteiger partial charge in [0, 0.05) is 18.7 Å². The fourth-order valence-electron chi connectivity index (χ4n) is 3.18. The second-order valence-electron chi connectivity index (χ2n) is 6.87. The summed E-state index contributed by atoms with van der Waals surface area (Å²) in [5.74, 6) is 1.35. The number of anilines is 1. The molecule has 0 radical (unpaired) electrons. The van der Waals surface area contributed by atoms with Gasteiger partial charge in [-0.2, -0.15) is 0 Å². The number of halogens is 1. The molecule has 1 aromatic carbocycles. The van der Waals surface area contributed by atoms with Crippen LogP contribution in [0.25, 0.3) is 22.3 Å². The average molecular weight is 367 g/mol. The van der Waals surface area contributed by atoms with Gasteiger partial charge in [-0.05, 0) is 50.5 Å². The molecule has 0 spiro atoms. The number of fused-ring (bicyclic) bond motifs is 1. The van der Waals surface area contributed by atoms with E-state index >= 15 is 0 Å². The standard InChI is InChI=1S/C20H22FN5O/c1-25(2)13-18-22-17-8-7-16(14-3-5-15(21)6-4-14)23-19(17)20(24-18)26-9-11-27-12-10-26/h3-8H,9-13H2,1-2H3. The summed E-state index contributed by atoms with van der Waals surface area (Å²) in [4.78, 5) is 18.6. The summed E-state index contributed by atoms with van der Waals surface area (Å²) in [6.07, 6.45) is 0. The number of ether oxygens (including phenoxy) is 1. The van der Waals surface area contributed by atoms with E-state index in [9.17, 15) is 4.39 Å². The zero-order chi connectivity index (χ0) is 18.8. The Labute approximate surface area is 157 Å². The molecule has 3 aromatic rings. The highest BCUT2D eigenvalue weighted by Gasteiger charge is 2.19. The van der Waals surface area contributed by atoms with Crippen LogP contribution >= 0.6 is 0 Å². The van der Waals surface area contributed by atoms with Crippen LogP contribution < -0.4 is 4.90 Å². The van der Waals surface area contributed by atoms with E-state index in [1.807, 2.05) is 31.1 Å². The lowest BCUT2D eigenvalue weighted by Gasteiger charge is -2.28. The molecule has 1 saturated heterocycles. The molecule has 3 heterocycles. The van der Waals surface area contributed by atoms with Gasteiger partial charge in [0.2, 0.25) is 0 Å². The maximum Gasteiger partial charge on any atom is 0.159 e. The molecule has 4 rings (SSSR count). The molecule has 2 aromatic heterocycles. The van der Waals surface area contributed by atoms with Crippen LogP contribution in [0.3, 0.4) is 0 Å². The minimum atomic E-state index is -0.259. The molecule has 1 aliphatic rings. The molecule has 0 atom stereocenters.